The predicted octanol–water partition coefficient (Wildman–Crippen LogP) is 3.46. The first-order chi connectivity index (χ1) is 10.0. The Labute approximate surface area is 124 Å². The summed E-state index contributed by atoms with van der Waals surface area (Å²) in [5, 5.41) is 0. The van der Waals surface area contributed by atoms with Gasteiger partial charge in [-0.3, -0.25) is 4.79 Å². The molecule has 4 heteroatoms. The van der Waals surface area contributed by atoms with E-state index in [0.717, 1.165) is 5.56 Å². The van der Waals surface area contributed by atoms with Crippen LogP contribution in [0.25, 0.3) is 0 Å². The number of benzene rings is 2. The molecule has 0 unspecified atom stereocenters. The molecule has 0 atom stereocenters. The lowest BCUT2D eigenvalue weighted by Crippen LogP contribution is -2.36. The highest BCUT2D eigenvalue weighted by atomic mass is 19.1. The van der Waals surface area contributed by atoms with E-state index in [0.29, 0.717) is 6.54 Å². The Balaban J connectivity index is 2.30. The zero-order valence-electron chi connectivity index (χ0n) is 12.2. The van der Waals surface area contributed by atoms with E-state index in [2.05, 4.69) is 0 Å². The van der Waals surface area contributed by atoms with Gasteiger partial charge in [-0.25, -0.2) is 4.39 Å². The number of anilines is 1. The van der Waals surface area contributed by atoms with Gasteiger partial charge in [0.2, 0.25) is 0 Å². The monoisotopic (exact) mass is 286 g/mol. The average molecular weight is 286 g/mol. The predicted molar refractivity (Wildman–Crippen MR) is 82.3 cm³/mol. The summed E-state index contributed by atoms with van der Waals surface area (Å²) in [6, 6.07) is 14.0. The number of carbonyl (C=O) groups is 1. The van der Waals surface area contributed by atoms with Gasteiger partial charge in [-0.15, -0.1) is 0 Å². The van der Waals surface area contributed by atoms with Crippen molar-refractivity contribution in [2.75, 3.05) is 5.73 Å². The highest BCUT2D eigenvalue weighted by molar-refractivity contribution is 5.99. The lowest BCUT2D eigenvalue weighted by molar-refractivity contribution is 0.0691. The molecule has 0 heterocycles. The molecule has 3 nitrogen and oxygen atoms in total. The lowest BCUT2D eigenvalue weighted by Gasteiger charge is -2.27. The average Bonchev–Trinajstić information content (AvgIpc) is 2.48. The molecule has 2 rings (SSSR count). The van der Waals surface area contributed by atoms with Crippen molar-refractivity contribution < 1.29 is 9.18 Å². The second-order valence-electron chi connectivity index (χ2n) is 5.21. The van der Waals surface area contributed by atoms with Gasteiger partial charge in [-0.05, 0) is 31.5 Å². The Morgan fingerprint density at radius 3 is 2.43 bits per heavy atom. The molecule has 2 aromatic carbocycles. The van der Waals surface area contributed by atoms with Crippen LogP contribution in [0.1, 0.15) is 29.8 Å². The van der Waals surface area contributed by atoms with E-state index >= 15 is 0 Å². The van der Waals surface area contributed by atoms with Gasteiger partial charge in [0.1, 0.15) is 5.82 Å². The normalized spacial score (nSPS) is 10.7. The molecule has 0 spiro atoms. The quantitative estimate of drug-likeness (QED) is 0.875. The minimum atomic E-state index is -0.565. The molecule has 0 aromatic heterocycles. The smallest absolute Gasteiger partial charge is 0.256 e. The van der Waals surface area contributed by atoms with Crippen molar-refractivity contribution in [1.29, 1.82) is 0 Å². The summed E-state index contributed by atoms with van der Waals surface area (Å²) in [6.45, 7) is 4.32. The number of nitrogens with two attached hydrogens (primary N) is 1. The van der Waals surface area contributed by atoms with Crippen LogP contribution in [0.15, 0.2) is 48.5 Å². The van der Waals surface area contributed by atoms with Crippen molar-refractivity contribution in [3.8, 4) is 0 Å². The van der Waals surface area contributed by atoms with Crippen molar-refractivity contribution in [2.24, 2.45) is 0 Å². The number of para-hydroxylation sites is 1. The summed E-state index contributed by atoms with van der Waals surface area (Å²) < 4.78 is 13.5. The molecule has 0 bridgehead atoms. The van der Waals surface area contributed by atoms with Crippen LogP contribution in [0.5, 0.6) is 0 Å². The maximum Gasteiger partial charge on any atom is 0.256 e. The molecule has 0 aliphatic heterocycles. The van der Waals surface area contributed by atoms with Crippen molar-refractivity contribution in [2.45, 2.75) is 26.4 Å². The minimum absolute atomic E-state index is 0.0135. The van der Waals surface area contributed by atoms with Crippen molar-refractivity contribution in [1.82, 2.24) is 4.90 Å². The fourth-order valence-electron chi connectivity index (χ4n) is 2.15. The molecule has 0 saturated heterocycles. The SMILES string of the molecule is CC(C)N(Cc1ccccc1)C(=O)c1cccc(F)c1N. The first-order valence-electron chi connectivity index (χ1n) is 6.89. The van der Waals surface area contributed by atoms with Gasteiger partial charge in [0.15, 0.2) is 0 Å². The molecule has 110 valence electrons. The standard InChI is InChI=1S/C17H19FN2O/c1-12(2)20(11-13-7-4-3-5-8-13)17(21)14-9-6-10-15(18)16(14)19/h3-10,12H,11,19H2,1-2H3. The topological polar surface area (TPSA) is 46.3 Å². The van der Waals surface area contributed by atoms with E-state index in [9.17, 15) is 9.18 Å². The van der Waals surface area contributed by atoms with Crippen LogP contribution in [-0.4, -0.2) is 16.8 Å². The van der Waals surface area contributed by atoms with Crippen LogP contribution in [-0.2, 0) is 6.54 Å². The number of nitrogen functional groups attached to an aromatic ring is 1. The summed E-state index contributed by atoms with van der Waals surface area (Å²) >= 11 is 0. The molecule has 2 N–H and O–H groups in total. The van der Waals surface area contributed by atoms with E-state index in [-0.39, 0.29) is 23.2 Å². The van der Waals surface area contributed by atoms with Crippen LogP contribution in [0.3, 0.4) is 0 Å². The highest BCUT2D eigenvalue weighted by Crippen LogP contribution is 2.20. The van der Waals surface area contributed by atoms with Crippen LogP contribution >= 0.6 is 0 Å². The van der Waals surface area contributed by atoms with Gasteiger partial charge in [0.25, 0.3) is 5.91 Å². The van der Waals surface area contributed by atoms with Crippen LogP contribution in [0.2, 0.25) is 0 Å². The summed E-state index contributed by atoms with van der Waals surface area (Å²) in [6.07, 6.45) is 0. The maximum atomic E-state index is 13.5. The first-order valence-corrected chi connectivity index (χ1v) is 6.89. The molecule has 0 aliphatic carbocycles. The maximum absolute atomic E-state index is 13.5. The first kappa shape index (κ1) is 15.0. The molecule has 1 amide bonds. The van der Waals surface area contributed by atoms with Crippen LogP contribution in [0, 0.1) is 5.82 Å². The van der Waals surface area contributed by atoms with E-state index in [1.165, 1.54) is 12.1 Å². The van der Waals surface area contributed by atoms with Gasteiger partial charge in [0, 0.05) is 12.6 Å². The van der Waals surface area contributed by atoms with Gasteiger partial charge in [-0.1, -0.05) is 36.4 Å². The number of hydrogen-bond donors (Lipinski definition) is 1. The second-order valence-corrected chi connectivity index (χ2v) is 5.21. The van der Waals surface area contributed by atoms with E-state index in [1.54, 1.807) is 11.0 Å². The Hall–Kier alpha value is -2.36. The molecule has 0 radical (unpaired) electrons. The number of amides is 1. The third-order valence-electron chi connectivity index (χ3n) is 3.36. The Kier molecular flexibility index (Phi) is 4.58. The molecule has 21 heavy (non-hydrogen) atoms. The van der Waals surface area contributed by atoms with Gasteiger partial charge < -0.3 is 10.6 Å². The van der Waals surface area contributed by atoms with E-state index < -0.39 is 5.82 Å². The number of nitrogens with zero attached hydrogens (tertiary/aromatic N) is 1. The molecule has 0 saturated carbocycles. The van der Waals surface area contributed by atoms with Gasteiger partial charge >= 0.3 is 0 Å². The lowest BCUT2D eigenvalue weighted by atomic mass is 10.1. The van der Waals surface area contributed by atoms with E-state index in [4.69, 9.17) is 5.73 Å². The zero-order chi connectivity index (χ0) is 15.4. The largest absolute Gasteiger partial charge is 0.396 e. The molecule has 2 aromatic rings. The fourth-order valence-corrected chi connectivity index (χ4v) is 2.15. The summed E-state index contributed by atoms with van der Waals surface area (Å²) in [4.78, 5) is 14.3. The second kappa shape index (κ2) is 6.39. The Morgan fingerprint density at radius 2 is 1.81 bits per heavy atom. The fraction of sp³-hybridized carbons (Fsp3) is 0.235. The van der Waals surface area contributed by atoms with Gasteiger partial charge in [0.05, 0.1) is 11.3 Å². The minimum Gasteiger partial charge on any atom is -0.396 e. The van der Waals surface area contributed by atoms with Crippen molar-refractivity contribution in [3.63, 3.8) is 0 Å². The van der Waals surface area contributed by atoms with Crippen molar-refractivity contribution in [3.05, 3.63) is 65.5 Å². The summed E-state index contributed by atoms with van der Waals surface area (Å²) in [5.74, 6) is -0.824. The third kappa shape index (κ3) is 3.40. The molecular formula is C17H19FN2O. The third-order valence-corrected chi connectivity index (χ3v) is 3.36. The van der Waals surface area contributed by atoms with Gasteiger partial charge in [-0.2, -0.15) is 0 Å². The Morgan fingerprint density at radius 1 is 1.14 bits per heavy atom. The number of rotatable bonds is 4. The van der Waals surface area contributed by atoms with E-state index in [1.807, 2.05) is 44.2 Å². The number of hydrogen-bond acceptors (Lipinski definition) is 2. The molecule has 0 aliphatic rings. The van der Waals surface area contributed by atoms with Crippen LogP contribution in [0.4, 0.5) is 10.1 Å². The number of carbonyl (C=O) groups excluding carboxylic acids is 1. The zero-order valence-corrected chi connectivity index (χ0v) is 12.2. The highest BCUT2D eigenvalue weighted by Gasteiger charge is 2.22. The summed E-state index contributed by atoms with van der Waals surface area (Å²) in [7, 11) is 0. The van der Waals surface area contributed by atoms with Crippen LogP contribution < -0.4 is 5.73 Å². The number of halogens is 1. The van der Waals surface area contributed by atoms with Crippen molar-refractivity contribution >= 4 is 11.6 Å². The Bertz CT molecular complexity index is 626. The summed E-state index contributed by atoms with van der Waals surface area (Å²) in [5.41, 5.74) is 6.83. The molecular weight excluding hydrogens is 267 g/mol. The molecule has 0 fully saturated rings.